The molecule has 2 N–H and O–H groups in total. The van der Waals surface area contributed by atoms with Crippen LogP contribution in [0.15, 0.2) is 6.20 Å². The van der Waals surface area contributed by atoms with Gasteiger partial charge in [-0.15, -0.1) is 0 Å². The van der Waals surface area contributed by atoms with Crippen LogP contribution in [0.2, 0.25) is 0 Å². The van der Waals surface area contributed by atoms with Crippen LogP contribution in [0.25, 0.3) is 0 Å². The van der Waals surface area contributed by atoms with Crippen LogP contribution in [-0.2, 0) is 16.6 Å². The fourth-order valence-electron chi connectivity index (χ4n) is 1.46. The summed E-state index contributed by atoms with van der Waals surface area (Å²) in [6.45, 7) is 4.33. The number of nitrogens with two attached hydrogens (primary N) is 1. The van der Waals surface area contributed by atoms with E-state index >= 15 is 0 Å². The van der Waals surface area contributed by atoms with Crippen LogP contribution in [-0.4, -0.2) is 29.0 Å². The molecule has 6 nitrogen and oxygen atoms in total. The summed E-state index contributed by atoms with van der Waals surface area (Å²) in [5.41, 5.74) is 1.11. The summed E-state index contributed by atoms with van der Waals surface area (Å²) >= 11 is 0. The molecule has 0 bridgehead atoms. The van der Waals surface area contributed by atoms with Gasteiger partial charge in [-0.2, -0.15) is 5.10 Å². The predicted octanol–water partition coefficient (Wildman–Crippen LogP) is 0.591. The number of ether oxygens (including phenoxy) is 1. The number of nitrogens with zero attached hydrogens (tertiary/aromatic N) is 2. The predicted molar refractivity (Wildman–Crippen MR) is 57.7 cm³/mol. The summed E-state index contributed by atoms with van der Waals surface area (Å²) in [6, 6.07) is 0. The zero-order valence-corrected chi connectivity index (χ0v) is 9.77. The normalized spacial score (nSPS) is 12.5. The van der Waals surface area contributed by atoms with E-state index in [0.29, 0.717) is 18.9 Å². The van der Waals surface area contributed by atoms with E-state index in [1.807, 2.05) is 6.92 Å². The Hall–Kier alpha value is -1.40. The topological polar surface area (TPSA) is 79.4 Å². The van der Waals surface area contributed by atoms with Crippen LogP contribution in [0.5, 0.6) is 0 Å². The molecule has 0 spiro atoms. The van der Waals surface area contributed by atoms with Crippen molar-refractivity contribution in [1.29, 1.82) is 0 Å². The molecule has 1 rings (SSSR count). The fourth-order valence-corrected chi connectivity index (χ4v) is 1.46. The standard InChI is InChI=1S/C10H17N3O3/c1-4-15-10(14)9-8(5-13(3)12-9)7(2)6-16-11/h5,7H,4,6,11H2,1-3H3. The maximum Gasteiger partial charge on any atom is 0.359 e. The number of rotatable bonds is 5. The minimum absolute atomic E-state index is 0.00175. The Morgan fingerprint density at radius 3 is 2.94 bits per heavy atom. The van der Waals surface area contributed by atoms with Crippen molar-refractivity contribution >= 4 is 5.97 Å². The molecule has 0 aliphatic rings. The van der Waals surface area contributed by atoms with E-state index in [2.05, 4.69) is 9.94 Å². The van der Waals surface area contributed by atoms with Gasteiger partial charge in [-0.3, -0.25) is 4.68 Å². The highest BCUT2D eigenvalue weighted by molar-refractivity contribution is 5.89. The van der Waals surface area contributed by atoms with Gasteiger partial charge in [0.15, 0.2) is 5.69 Å². The number of hydrogen-bond acceptors (Lipinski definition) is 5. The summed E-state index contributed by atoms with van der Waals surface area (Å²) < 4.78 is 6.50. The second-order valence-electron chi connectivity index (χ2n) is 3.56. The van der Waals surface area contributed by atoms with Crippen molar-refractivity contribution in [3.63, 3.8) is 0 Å². The van der Waals surface area contributed by atoms with Crippen molar-refractivity contribution in [3.05, 3.63) is 17.5 Å². The number of carbonyl (C=O) groups excluding carboxylic acids is 1. The molecule has 90 valence electrons. The molecule has 0 aromatic carbocycles. The van der Waals surface area contributed by atoms with Gasteiger partial charge in [0.05, 0.1) is 13.2 Å². The van der Waals surface area contributed by atoms with Crippen molar-refractivity contribution in [1.82, 2.24) is 9.78 Å². The molecule has 1 aromatic rings. The maximum atomic E-state index is 11.6. The van der Waals surface area contributed by atoms with Crippen molar-refractivity contribution in [2.24, 2.45) is 12.9 Å². The molecular formula is C10H17N3O3. The van der Waals surface area contributed by atoms with Crippen LogP contribution in [0.3, 0.4) is 0 Å². The number of hydrogen-bond donors (Lipinski definition) is 1. The first kappa shape index (κ1) is 12.7. The van der Waals surface area contributed by atoms with E-state index in [-0.39, 0.29) is 5.92 Å². The Kier molecular flexibility index (Phi) is 4.45. The first-order valence-corrected chi connectivity index (χ1v) is 5.12. The third-order valence-corrected chi connectivity index (χ3v) is 2.20. The van der Waals surface area contributed by atoms with Crippen molar-refractivity contribution in [3.8, 4) is 0 Å². The first-order chi connectivity index (χ1) is 7.60. The summed E-state index contributed by atoms with van der Waals surface area (Å²) in [4.78, 5) is 16.2. The second-order valence-corrected chi connectivity index (χ2v) is 3.56. The van der Waals surface area contributed by atoms with E-state index < -0.39 is 5.97 Å². The smallest absolute Gasteiger partial charge is 0.359 e. The molecule has 6 heteroatoms. The van der Waals surface area contributed by atoms with Crippen LogP contribution < -0.4 is 5.90 Å². The molecule has 0 aliphatic carbocycles. The fraction of sp³-hybridized carbons (Fsp3) is 0.600. The molecule has 1 aromatic heterocycles. The Balaban J connectivity index is 2.95. The molecule has 0 saturated carbocycles. The molecule has 0 aliphatic heterocycles. The van der Waals surface area contributed by atoms with Gasteiger partial charge in [0.1, 0.15) is 0 Å². The zero-order chi connectivity index (χ0) is 12.1. The van der Waals surface area contributed by atoms with Gasteiger partial charge in [-0.1, -0.05) is 6.92 Å². The summed E-state index contributed by atoms with van der Waals surface area (Å²) in [5, 5.41) is 4.08. The Morgan fingerprint density at radius 1 is 1.69 bits per heavy atom. The second kappa shape index (κ2) is 5.62. The van der Waals surface area contributed by atoms with Crippen LogP contribution in [0, 0.1) is 0 Å². The van der Waals surface area contributed by atoms with Gasteiger partial charge >= 0.3 is 5.97 Å². The lowest BCUT2D eigenvalue weighted by molar-refractivity contribution is 0.0515. The highest BCUT2D eigenvalue weighted by atomic mass is 16.6. The van der Waals surface area contributed by atoms with E-state index in [0.717, 1.165) is 5.56 Å². The van der Waals surface area contributed by atoms with E-state index in [1.54, 1.807) is 24.9 Å². The van der Waals surface area contributed by atoms with Gasteiger partial charge in [0.2, 0.25) is 0 Å². The Labute approximate surface area is 94.3 Å². The van der Waals surface area contributed by atoms with Gasteiger partial charge in [0.25, 0.3) is 0 Å². The van der Waals surface area contributed by atoms with Crippen LogP contribution in [0.1, 0.15) is 35.8 Å². The quantitative estimate of drug-likeness (QED) is 0.588. The molecule has 0 saturated heterocycles. The monoisotopic (exact) mass is 227 g/mol. The molecule has 1 heterocycles. The molecule has 0 radical (unpaired) electrons. The lowest BCUT2D eigenvalue weighted by atomic mass is 10.0. The molecule has 1 atom stereocenters. The average molecular weight is 227 g/mol. The van der Waals surface area contributed by atoms with Gasteiger partial charge in [-0.05, 0) is 6.92 Å². The number of esters is 1. The van der Waals surface area contributed by atoms with Crippen LogP contribution >= 0.6 is 0 Å². The highest BCUT2D eigenvalue weighted by Crippen LogP contribution is 2.19. The average Bonchev–Trinajstić information content (AvgIpc) is 2.61. The summed E-state index contributed by atoms with van der Waals surface area (Å²) in [6.07, 6.45) is 1.77. The molecule has 0 fully saturated rings. The third kappa shape index (κ3) is 2.80. The van der Waals surface area contributed by atoms with Crippen molar-refractivity contribution in [2.75, 3.05) is 13.2 Å². The molecule has 1 unspecified atom stereocenters. The zero-order valence-electron chi connectivity index (χ0n) is 9.77. The largest absolute Gasteiger partial charge is 0.461 e. The lowest BCUT2D eigenvalue weighted by Crippen LogP contribution is -2.13. The first-order valence-electron chi connectivity index (χ1n) is 5.12. The number of aryl methyl sites for hydroxylation is 1. The highest BCUT2D eigenvalue weighted by Gasteiger charge is 2.21. The summed E-state index contributed by atoms with van der Waals surface area (Å²) in [5.74, 6) is 4.60. The minimum Gasteiger partial charge on any atom is -0.461 e. The SMILES string of the molecule is CCOC(=O)c1nn(C)cc1C(C)CON. The van der Waals surface area contributed by atoms with E-state index in [9.17, 15) is 4.79 Å². The van der Waals surface area contributed by atoms with Gasteiger partial charge in [0, 0.05) is 24.7 Å². The number of aromatic nitrogens is 2. The van der Waals surface area contributed by atoms with Crippen LogP contribution in [0.4, 0.5) is 0 Å². The Morgan fingerprint density at radius 2 is 2.38 bits per heavy atom. The maximum absolute atomic E-state index is 11.6. The van der Waals surface area contributed by atoms with E-state index in [1.165, 1.54) is 0 Å². The minimum atomic E-state index is -0.415. The number of carbonyl (C=O) groups is 1. The van der Waals surface area contributed by atoms with Gasteiger partial charge in [-0.25, -0.2) is 10.7 Å². The molecular weight excluding hydrogens is 210 g/mol. The summed E-state index contributed by atoms with van der Waals surface area (Å²) in [7, 11) is 1.75. The molecule has 0 amide bonds. The lowest BCUT2D eigenvalue weighted by Gasteiger charge is -2.08. The van der Waals surface area contributed by atoms with Crippen molar-refractivity contribution < 1.29 is 14.4 Å². The Bertz CT molecular complexity index is 362. The molecule has 16 heavy (non-hydrogen) atoms. The van der Waals surface area contributed by atoms with Crippen molar-refractivity contribution in [2.45, 2.75) is 19.8 Å². The van der Waals surface area contributed by atoms with E-state index in [4.69, 9.17) is 10.6 Å². The van der Waals surface area contributed by atoms with Gasteiger partial charge < -0.3 is 9.57 Å². The third-order valence-electron chi connectivity index (χ3n) is 2.20.